The van der Waals surface area contributed by atoms with Crippen LogP contribution in [0.3, 0.4) is 0 Å². The first-order valence-electron chi connectivity index (χ1n) is 5.47. The van der Waals surface area contributed by atoms with Crippen LogP contribution in [0.5, 0.6) is 0 Å². The molecule has 0 unspecified atom stereocenters. The first-order valence-corrected chi connectivity index (χ1v) is 6.29. The van der Waals surface area contributed by atoms with Crippen LogP contribution >= 0.6 is 11.3 Å². The minimum absolute atomic E-state index is 0.0983. The molecule has 0 radical (unpaired) electrons. The van der Waals surface area contributed by atoms with E-state index in [1.54, 1.807) is 0 Å². The number of thiazole rings is 1. The fraction of sp³-hybridized carbons (Fsp3) is 0. The van der Waals surface area contributed by atoms with Crippen LogP contribution in [0.2, 0.25) is 0 Å². The summed E-state index contributed by atoms with van der Waals surface area (Å²) in [5.41, 5.74) is 6.54. The van der Waals surface area contributed by atoms with Crippen molar-refractivity contribution in [2.75, 3.05) is 11.1 Å². The number of para-hydroxylation sites is 1. The smallest absolute Gasteiger partial charge is 0.279 e. The number of rotatable bonds is 2. The zero-order valence-electron chi connectivity index (χ0n) is 9.70. The quantitative estimate of drug-likeness (QED) is 0.742. The fourth-order valence-corrected chi connectivity index (χ4v) is 2.47. The Hall–Kier alpha value is -2.54. The number of nitrogens with two attached hydrogens (primary N) is 1. The van der Waals surface area contributed by atoms with E-state index in [-0.39, 0.29) is 11.5 Å². The van der Waals surface area contributed by atoms with Crippen molar-refractivity contribution in [1.29, 1.82) is 0 Å². The van der Waals surface area contributed by atoms with Gasteiger partial charge in [-0.25, -0.2) is 15.0 Å². The van der Waals surface area contributed by atoms with Gasteiger partial charge >= 0.3 is 0 Å². The fourth-order valence-electron chi connectivity index (χ4n) is 1.61. The van der Waals surface area contributed by atoms with Crippen molar-refractivity contribution in [3.05, 3.63) is 42.4 Å². The molecule has 0 aliphatic heterocycles. The van der Waals surface area contributed by atoms with Gasteiger partial charge in [-0.15, -0.1) is 0 Å². The Kier molecular flexibility index (Phi) is 2.81. The molecule has 6 nitrogen and oxygen atoms in total. The second kappa shape index (κ2) is 4.62. The van der Waals surface area contributed by atoms with Crippen LogP contribution in [0.1, 0.15) is 10.5 Å². The van der Waals surface area contributed by atoms with E-state index in [1.807, 2.05) is 24.3 Å². The number of benzene rings is 1. The van der Waals surface area contributed by atoms with Crippen LogP contribution in [-0.2, 0) is 0 Å². The Morgan fingerprint density at radius 3 is 2.79 bits per heavy atom. The summed E-state index contributed by atoms with van der Waals surface area (Å²) in [6.45, 7) is 0. The summed E-state index contributed by atoms with van der Waals surface area (Å²) in [6.07, 6.45) is 2.85. The first-order chi connectivity index (χ1) is 9.24. The van der Waals surface area contributed by atoms with E-state index in [2.05, 4.69) is 20.3 Å². The van der Waals surface area contributed by atoms with Crippen molar-refractivity contribution in [2.24, 2.45) is 0 Å². The largest absolute Gasteiger partial charge is 0.382 e. The van der Waals surface area contributed by atoms with Gasteiger partial charge in [0.2, 0.25) is 0 Å². The minimum Gasteiger partial charge on any atom is -0.382 e. The van der Waals surface area contributed by atoms with E-state index in [0.717, 1.165) is 10.2 Å². The van der Waals surface area contributed by atoms with Gasteiger partial charge in [0, 0.05) is 12.4 Å². The Labute approximate surface area is 112 Å². The number of amides is 1. The van der Waals surface area contributed by atoms with Crippen molar-refractivity contribution in [3.63, 3.8) is 0 Å². The van der Waals surface area contributed by atoms with E-state index >= 15 is 0 Å². The van der Waals surface area contributed by atoms with Gasteiger partial charge in [0.15, 0.2) is 16.6 Å². The van der Waals surface area contributed by atoms with Gasteiger partial charge < -0.3 is 5.73 Å². The van der Waals surface area contributed by atoms with Crippen LogP contribution in [-0.4, -0.2) is 20.9 Å². The van der Waals surface area contributed by atoms with E-state index in [1.165, 1.54) is 23.7 Å². The summed E-state index contributed by atoms with van der Waals surface area (Å²) in [5.74, 6) is -0.314. The second-order valence-electron chi connectivity index (χ2n) is 3.73. The lowest BCUT2D eigenvalue weighted by Gasteiger charge is -2.02. The van der Waals surface area contributed by atoms with Crippen molar-refractivity contribution in [1.82, 2.24) is 15.0 Å². The van der Waals surface area contributed by atoms with Crippen molar-refractivity contribution >= 4 is 38.4 Å². The molecule has 0 spiro atoms. The first kappa shape index (κ1) is 11.5. The van der Waals surface area contributed by atoms with Crippen LogP contribution < -0.4 is 11.1 Å². The zero-order valence-corrected chi connectivity index (χ0v) is 10.5. The van der Waals surface area contributed by atoms with Gasteiger partial charge in [-0.05, 0) is 12.1 Å². The summed E-state index contributed by atoms with van der Waals surface area (Å²) in [7, 11) is 0. The van der Waals surface area contributed by atoms with Gasteiger partial charge in [0.05, 0.1) is 10.2 Å². The molecule has 0 bridgehead atoms. The third-order valence-electron chi connectivity index (χ3n) is 2.46. The number of nitrogens with zero attached hydrogens (tertiary/aromatic N) is 3. The summed E-state index contributed by atoms with van der Waals surface area (Å²) < 4.78 is 1.00. The maximum Gasteiger partial charge on any atom is 0.279 e. The van der Waals surface area contributed by atoms with Gasteiger partial charge in [-0.2, -0.15) is 0 Å². The summed E-state index contributed by atoms with van der Waals surface area (Å²) in [4.78, 5) is 24.0. The van der Waals surface area contributed by atoms with Crippen molar-refractivity contribution in [3.8, 4) is 0 Å². The third-order valence-corrected chi connectivity index (χ3v) is 3.41. The molecule has 2 heterocycles. The summed E-state index contributed by atoms with van der Waals surface area (Å²) in [6, 6.07) is 7.65. The Bertz CT molecular complexity index is 721. The molecule has 19 heavy (non-hydrogen) atoms. The molecule has 0 fully saturated rings. The van der Waals surface area contributed by atoms with E-state index in [0.29, 0.717) is 5.13 Å². The van der Waals surface area contributed by atoms with Crippen LogP contribution in [0.25, 0.3) is 10.2 Å². The molecule has 94 valence electrons. The lowest BCUT2D eigenvalue weighted by atomic mass is 10.3. The molecule has 0 saturated carbocycles. The second-order valence-corrected chi connectivity index (χ2v) is 4.76. The molecule has 0 aliphatic carbocycles. The Morgan fingerprint density at radius 2 is 2.00 bits per heavy atom. The molecule has 3 rings (SSSR count). The number of hydrogen-bond acceptors (Lipinski definition) is 6. The Morgan fingerprint density at radius 1 is 1.21 bits per heavy atom. The molecule has 0 saturated heterocycles. The number of anilines is 2. The van der Waals surface area contributed by atoms with E-state index in [4.69, 9.17) is 5.73 Å². The third kappa shape index (κ3) is 2.23. The van der Waals surface area contributed by atoms with Crippen LogP contribution in [0, 0.1) is 0 Å². The highest BCUT2D eigenvalue weighted by Gasteiger charge is 2.14. The summed E-state index contributed by atoms with van der Waals surface area (Å²) in [5, 5.41) is 3.18. The number of aromatic nitrogens is 3. The molecule has 1 aromatic carbocycles. The number of carbonyl (C=O) groups is 1. The molecule has 2 aromatic heterocycles. The number of fused-ring (bicyclic) bond motifs is 1. The minimum atomic E-state index is -0.412. The zero-order chi connectivity index (χ0) is 13.2. The summed E-state index contributed by atoms with van der Waals surface area (Å²) >= 11 is 1.39. The predicted octanol–water partition coefficient (Wildman–Crippen LogP) is 1.92. The monoisotopic (exact) mass is 271 g/mol. The highest BCUT2D eigenvalue weighted by atomic mass is 32.1. The normalized spacial score (nSPS) is 10.5. The lowest BCUT2D eigenvalue weighted by Crippen LogP contribution is -2.16. The molecule has 0 atom stereocenters. The van der Waals surface area contributed by atoms with E-state index in [9.17, 15) is 4.79 Å². The average molecular weight is 271 g/mol. The van der Waals surface area contributed by atoms with Gasteiger partial charge in [-0.1, -0.05) is 23.5 Å². The lowest BCUT2D eigenvalue weighted by molar-refractivity contribution is 0.102. The van der Waals surface area contributed by atoms with E-state index < -0.39 is 5.91 Å². The van der Waals surface area contributed by atoms with Gasteiger partial charge in [0.25, 0.3) is 5.91 Å². The maximum atomic E-state index is 12.0. The molecule has 1 amide bonds. The highest BCUT2D eigenvalue weighted by Crippen LogP contribution is 2.25. The number of nitrogen functional groups attached to an aromatic ring is 1. The van der Waals surface area contributed by atoms with Gasteiger partial charge in [-0.3, -0.25) is 10.1 Å². The molecule has 7 heteroatoms. The topological polar surface area (TPSA) is 93.8 Å². The highest BCUT2D eigenvalue weighted by molar-refractivity contribution is 7.22. The molecule has 3 aromatic rings. The maximum absolute atomic E-state index is 12.0. The molecular weight excluding hydrogens is 262 g/mol. The standard InChI is InChI=1S/C12H9N5OS/c13-10-9(14-5-6-15-10)11(18)17-12-16-7-3-1-2-4-8(7)19-12/h1-6H,(H2,13,15)(H,16,17,18). The number of hydrogen-bond donors (Lipinski definition) is 2. The average Bonchev–Trinajstić information content (AvgIpc) is 2.81. The number of carbonyl (C=O) groups excluding carboxylic acids is 1. The molecule has 3 N–H and O–H groups in total. The molecular formula is C12H9N5OS. The molecule has 0 aliphatic rings. The van der Waals surface area contributed by atoms with Gasteiger partial charge in [0.1, 0.15) is 0 Å². The number of nitrogens with one attached hydrogen (secondary N) is 1. The SMILES string of the molecule is Nc1nccnc1C(=O)Nc1nc2ccccc2s1. The van der Waals surface area contributed by atoms with Crippen LogP contribution in [0.4, 0.5) is 10.9 Å². The van der Waals surface area contributed by atoms with Crippen molar-refractivity contribution < 1.29 is 4.79 Å². The van der Waals surface area contributed by atoms with Crippen LogP contribution in [0.15, 0.2) is 36.7 Å². The predicted molar refractivity (Wildman–Crippen MR) is 74.0 cm³/mol. The Balaban J connectivity index is 1.89. The van der Waals surface area contributed by atoms with Crippen molar-refractivity contribution in [2.45, 2.75) is 0 Å².